The molecule has 0 aliphatic carbocycles. The molecule has 2 aliphatic rings. The lowest BCUT2D eigenvalue weighted by atomic mass is 9.97. The molecule has 14 heteroatoms. The maximum Gasteiger partial charge on any atom is 0.220 e. The van der Waals surface area contributed by atoms with Crippen LogP contribution in [0.2, 0.25) is 0 Å². The molecule has 556 valence electrons. The number of aliphatic hydroxyl groups is 8. The molecule has 98 heavy (non-hydrogen) atoms. The van der Waals surface area contributed by atoms with Crippen LogP contribution in [-0.4, -0.2) is 140 Å². The lowest BCUT2D eigenvalue weighted by Crippen LogP contribution is -2.65. The van der Waals surface area contributed by atoms with E-state index in [1.54, 1.807) is 6.08 Å². The zero-order valence-electron chi connectivity index (χ0n) is 60.7. The predicted octanol–water partition coefficient (Wildman–Crippen LogP) is 17.1. The molecule has 1 amide bonds. The Bertz CT molecular complexity index is 2310. The maximum absolute atomic E-state index is 13.3. The molecule has 14 nitrogen and oxygen atoms in total. The van der Waals surface area contributed by atoms with Gasteiger partial charge in [-0.15, -0.1) is 0 Å². The molecule has 2 heterocycles. The van der Waals surface area contributed by atoms with Gasteiger partial charge in [0.05, 0.1) is 32.0 Å². The summed E-state index contributed by atoms with van der Waals surface area (Å²) in [5.74, 6) is -0.296. The summed E-state index contributed by atoms with van der Waals surface area (Å²) in [6.07, 6.45) is 85.6. The largest absolute Gasteiger partial charge is 0.394 e. The molecule has 0 radical (unpaired) electrons. The fraction of sp³-hybridized carbons (Fsp3) is 0.655. The van der Waals surface area contributed by atoms with Crippen molar-refractivity contribution in [1.29, 1.82) is 0 Å². The van der Waals surface area contributed by atoms with Gasteiger partial charge in [-0.2, -0.15) is 0 Å². The van der Waals surface area contributed by atoms with E-state index in [-0.39, 0.29) is 18.9 Å². The summed E-state index contributed by atoms with van der Waals surface area (Å²) in [6.45, 7) is 2.65. The third kappa shape index (κ3) is 48.2. The Morgan fingerprint density at radius 1 is 0.378 bits per heavy atom. The molecule has 12 atom stereocenters. The van der Waals surface area contributed by atoms with Crippen molar-refractivity contribution in [3.8, 4) is 0 Å². The number of nitrogens with one attached hydrogen (secondary N) is 1. The van der Waals surface area contributed by atoms with Crippen LogP contribution in [0, 0.1) is 0 Å². The average molecular weight is 1370 g/mol. The molecule has 2 rings (SSSR count). The standard InChI is InChI=1S/C84H137NO13/c1-3-5-7-9-11-13-15-17-19-21-23-25-27-29-30-31-32-33-34-35-36-37-38-39-40-41-42-44-46-48-50-52-54-56-58-60-62-64-66-68-76(89)85-72(71-95-83-81(94)79(92)82(75(70-87)97-83)98-84-80(93)78(91)77(90)74(69-86)96-84)73(88)67-65-63-61-59-57-55-53-51-49-47-45-43-28-26-24-22-20-18-16-14-12-10-8-6-4-2/h5,7,11,13,17,19,23,25,29-30,32-33,35-36,38-39,41-42,46,48,52,54,57-60,65,67,72-75,77-84,86-88,90-94H,3-4,6,8-10,12,14-16,18,20-22,24,26-28,31,34,37,40,43-45,47,49-51,53,55-56,61-64,66,68-71H2,1-2H3,(H,85,89)/b7-5-,13-11-,19-17-,25-23-,30-29-,33-32-,36-35-,39-38-,42-41-,48-46-,54-52-,59-57+,60-58-,67-65+. The van der Waals surface area contributed by atoms with Crippen molar-refractivity contribution >= 4 is 5.91 Å². The number of hydrogen-bond donors (Lipinski definition) is 9. The average Bonchev–Trinajstić information content (AvgIpc) is 0.793. The topological polar surface area (TPSA) is 228 Å². The third-order valence-corrected chi connectivity index (χ3v) is 17.4. The van der Waals surface area contributed by atoms with Crippen LogP contribution in [0.5, 0.6) is 0 Å². The Kier molecular flexibility index (Phi) is 59.9. The molecular formula is C84H137NO13. The van der Waals surface area contributed by atoms with Crippen LogP contribution in [0.3, 0.4) is 0 Å². The fourth-order valence-electron chi connectivity index (χ4n) is 11.3. The monoisotopic (exact) mass is 1370 g/mol. The highest BCUT2D eigenvalue weighted by Gasteiger charge is 2.51. The zero-order chi connectivity index (χ0) is 70.8. The number of carbonyl (C=O) groups is 1. The van der Waals surface area contributed by atoms with Crippen molar-refractivity contribution in [2.45, 2.75) is 331 Å². The van der Waals surface area contributed by atoms with E-state index in [9.17, 15) is 45.6 Å². The van der Waals surface area contributed by atoms with E-state index < -0.39 is 86.8 Å². The van der Waals surface area contributed by atoms with Gasteiger partial charge < -0.3 is 65.1 Å². The molecule has 0 saturated carbocycles. The Balaban J connectivity index is 1.69. The van der Waals surface area contributed by atoms with Crippen LogP contribution in [0.1, 0.15) is 258 Å². The number of aliphatic hydroxyl groups excluding tert-OH is 8. The van der Waals surface area contributed by atoms with Gasteiger partial charge in [-0.1, -0.05) is 300 Å². The van der Waals surface area contributed by atoms with Gasteiger partial charge in [0.25, 0.3) is 0 Å². The molecule has 2 aliphatic heterocycles. The number of rotatable bonds is 61. The maximum atomic E-state index is 13.3. The molecule has 9 N–H and O–H groups in total. The van der Waals surface area contributed by atoms with E-state index >= 15 is 0 Å². The van der Waals surface area contributed by atoms with E-state index in [1.165, 1.54) is 122 Å². The van der Waals surface area contributed by atoms with Gasteiger partial charge in [-0.05, 0) is 122 Å². The minimum absolute atomic E-state index is 0.207. The van der Waals surface area contributed by atoms with E-state index in [0.29, 0.717) is 12.8 Å². The molecule has 0 bridgehead atoms. The first-order valence-corrected chi connectivity index (χ1v) is 38.4. The summed E-state index contributed by atoms with van der Waals surface area (Å²) in [5, 5.41) is 87.5. The van der Waals surface area contributed by atoms with E-state index in [1.807, 2.05) is 6.08 Å². The molecule has 0 spiro atoms. The highest BCUT2D eigenvalue weighted by molar-refractivity contribution is 5.76. The van der Waals surface area contributed by atoms with Crippen LogP contribution in [-0.2, 0) is 23.7 Å². The first-order valence-electron chi connectivity index (χ1n) is 38.4. The van der Waals surface area contributed by atoms with Crippen molar-refractivity contribution in [2.75, 3.05) is 19.8 Å². The molecule has 0 aromatic rings. The first kappa shape index (κ1) is 89.4. The number of hydrogen-bond acceptors (Lipinski definition) is 13. The molecule has 12 unspecified atom stereocenters. The van der Waals surface area contributed by atoms with Gasteiger partial charge in [-0.25, -0.2) is 0 Å². The van der Waals surface area contributed by atoms with Crippen LogP contribution < -0.4 is 5.32 Å². The molecular weight excluding hydrogens is 1230 g/mol. The first-order chi connectivity index (χ1) is 48.1. The minimum Gasteiger partial charge on any atom is -0.394 e. The summed E-state index contributed by atoms with van der Waals surface area (Å²) in [7, 11) is 0. The van der Waals surface area contributed by atoms with Crippen LogP contribution in [0.15, 0.2) is 170 Å². The second-order valence-corrected chi connectivity index (χ2v) is 26.0. The van der Waals surface area contributed by atoms with Gasteiger partial charge in [0.15, 0.2) is 12.6 Å². The Morgan fingerprint density at radius 3 is 1.12 bits per heavy atom. The zero-order valence-corrected chi connectivity index (χ0v) is 60.7. The Hall–Kier alpha value is -4.65. The normalized spacial score (nSPS) is 23.0. The molecule has 2 saturated heterocycles. The molecule has 0 aromatic heterocycles. The third-order valence-electron chi connectivity index (χ3n) is 17.4. The number of amides is 1. The van der Waals surface area contributed by atoms with Gasteiger partial charge >= 0.3 is 0 Å². The summed E-state index contributed by atoms with van der Waals surface area (Å²) >= 11 is 0. The highest BCUT2D eigenvalue weighted by atomic mass is 16.7. The van der Waals surface area contributed by atoms with E-state index in [0.717, 1.165) is 103 Å². The highest BCUT2D eigenvalue weighted by Crippen LogP contribution is 2.30. The quantitative estimate of drug-likeness (QED) is 0.0204. The Morgan fingerprint density at radius 2 is 0.714 bits per heavy atom. The van der Waals surface area contributed by atoms with Crippen molar-refractivity contribution in [3.05, 3.63) is 170 Å². The van der Waals surface area contributed by atoms with Crippen molar-refractivity contribution < 1.29 is 64.6 Å². The lowest BCUT2D eigenvalue weighted by Gasteiger charge is -2.46. The van der Waals surface area contributed by atoms with E-state index in [2.05, 4.69) is 177 Å². The second-order valence-electron chi connectivity index (χ2n) is 26.0. The summed E-state index contributed by atoms with van der Waals surface area (Å²) < 4.78 is 22.8. The number of allylic oxidation sites excluding steroid dienone is 27. The summed E-state index contributed by atoms with van der Waals surface area (Å²) in [5.41, 5.74) is 0. The second kappa shape index (κ2) is 65.6. The van der Waals surface area contributed by atoms with Crippen LogP contribution in [0.25, 0.3) is 0 Å². The number of ether oxygens (including phenoxy) is 4. The Labute approximate surface area is 594 Å². The van der Waals surface area contributed by atoms with Crippen LogP contribution in [0.4, 0.5) is 0 Å². The molecule has 0 aromatic carbocycles. The van der Waals surface area contributed by atoms with Crippen molar-refractivity contribution in [2.24, 2.45) is 0 Å². The number of carbonyl (C=O) groups excluding carboxylic acids is 1. The predicted molar refractivity (Wildman–Crippen MR) is 405 cm³/mol. The summed E-state index contributed by atoms with van der Waals surface area (Å²) in [6, 6.07) is -0.970. The van der Waals surface area contributed by atoms with Gasteiger partial charge in [0, 0.05) is 6.42 Å². The van der Waals surface area contributed by atoms with E-state index in [4.69, 9.17) is 18.9 Å². The lowest BCUT2D eigenvalue weighted by molar-refractivity contribution is -0.359. The van der Waals surface area contributed by atoms with Gasteiger partial charge in [-0.3, -0.25) is 4.79 Å². The van der Waals surface area contributed by atoms with Crippen molar-refractivity contribution in [3.63, 3.8) is 0 Å². The molecule has 2 fully saturated rings. The van der Waals surface area contributed by atoms with Gasteiger partial charge in [0.1, 0.15) is 48.8 Å². The SMILES string of the molecule is CC/C=C\C/C=C\C/C=C\C/C=C\C/C=C\C/C=C\C/C=C\C/C=C\C/C=C\C/C=C\C/C=C\C/C=C\CCCCC(=O)NC(COC1OC(CO)C(OC2OC(CO)C(O)C(O)C2O)C(O)C1O)C(O)/C=C/CC/C=C/CCCCCCCCCCCCCCCCCCCCC. The summed E-state index contributed by atoms with van der Waals surface area (Å²) in [4.78, 5) is 13.3. The smallest absolute Gasteiger partial charge is 0.220 e. The van der Waals surface area contributed by atoms with Crippen LogP contribution >= 0.6 is 0 Å². The minimum atomic E-state index is -1.81. The van der Waals surface area contributed by atoms with Crippen molar-refractivity contribution in [1.82, 2.24) is 5.32 Å². The number of unbranched alkanes of at least 4 members (excludes halogenated alkanes) is 22. The van der Waals surface area contributed by atoms with Gasteiger partial charge in [0.2, 0.25) is 5.91 Å². The fourth-order valence-corrected chi connectivity index (χ4v) is 11.3.